The zero-order chi connectivity index (χ0) is 21.6. The van der Waals surface area contributed by atoms with E-state index in [9.17, 15) is 9.90 Å². The van der Waals surface area contributed by atoms with Gasteiger partial charge in [0.1, 0.15) is 11.5 Å². The number of ether oxygens (including phenoxy) is 1. The van der Waals surface area contributed by atoms with Crippen LogP contribution in [0.2, 0.25) is 0 Å². The Hall–Kier alpha value is -4.00. The predicted molar refractivity (Wildman–Crippen MR) is 123 cm³/mol. The first-order chi connectivity index (χ1) is 15.1. The number of hydrogen-bond acceptors (Lipinski definition) is 5. The summed E-state index contributed by atoms with van der Waals surface area (Å²) in [5, 5.41) is 21.5. The van der Waals surface area contributed by atoms with E-state index in [2.05, 4.69) is 17.6 Å². The van der Waals surface area contributed by atoms with Gasteiger partial charge in [-0.3, -0.25) is 0 Å². The van der Waals surface area contributed by atoms with Crippen molar-refractivity contribution in [3.8, 4) is 11.5 Å². The maximum Gasteiger partial charge on any atom is 0.323 e. The summed E-state index contributed by atoms with van der Waals surface area (Å²) in [7, 11) is 0. The summed E-state index contributed by atoms with van der Waals surface area (Å²) in [5.74, 6) is 0.694. The Morgan fingerprint density at radius 2 is 1.74 bits per heavy atom. The number of phenolic OH excluding ortho intramolecular Hbond substituents is 1. The molecule has 3 aromatic rings. The van der Waals surface area contributed by atoms with Gasteiger partial charge in [0.05, 0.1) is 11.4 Å². The fourth-order valence-corrected chi connectivity index (χ4v) is 3.31. The molecule has 0 aromatic heterocycles. The number of para-hydroxylation sites is 3. The summed E-state index contributed by atoms with van der Waals surface area (Å²) >= 11 is 0. The van der Waals surface area contributed by atoms with E-state index in [1.54, 1.807) is 18.2 Å². The monoisotopic (exact) mass is 416 g/mol. The normalized spacial score (nSPS) is 15.3. The van der Waals surface area contributed by atoms with Crippen molar-refractivity contribution in [1.29, 1.82) is 0 Å². The average Bonchev–Trinajstić information content (AvgIpc) is 3.20. The second kappa shape index (κ2) is 9.21. The largest absolute Gasteiger partial charge is 0.508 e. The molecular weight excluding hydrogens is 392 g/mol. The average molecular weight is 416 g/mol. The lowest BCUT2D eigenvalue weighted by molar-refractivity contribution is 0.214. The number of amides is 2. The van der Waals surface area contributed by atoms with Crippen molar-refractivity contribution in [3.05, 3.63) is 78.9 Å². The smallest absolute Gasteiger partial charge is 0.323 e. The maximum atomic E-state index is 12.5. The number of phenols is 1. The molecule has 31 heavy (non-hydrogen) atoms. The molecule has 158 valence electrons. The first-order valence-corrected chi connectivity index (χ1v) is 10.2. The van der Waals surface area contributed by atoms with Gasteiger partial charge in [-0.25, -0.2) is 9.80 Å². The van der Waals surface area contributed by atoms with E-state index in [4.69, 9.17) is 9.84 Å². The summed E-state index contributed by atoms with van der Waals surface area (Å²) in [6, 6.07) is 23.1. The molecule has 0 spiro atoms. The van der Waals surface area contributed by atoms with Gasteiger partial charge in [-0.1, -0.05) is 37.3 Å². The summed E-state index contributed by atoms with van der Waals surface area (Å²) in [6.45, 7) is 2.08. The fraction of sp³-hybridized carbons (Fsp3) is 0.167. The van der Waals surface area contributed by atoms with Crippen LogP contribution >= 0.6 is 0 Å². The van der Waals surface area contributed by atoms with Crippen LogP contribution in [0, 0.1) is 0 Å². The molecule has 1 aliphatic heterocycles. The van der Waals surface area contributed by atoms with Crippen molar-refractivity contribution >= 4 is 28.8 Å². The van der Waals surface area contributed by atoms with Crippen LogP contribution in [-0.2, 0) is 0 Å². The molecule has 4 rings (SSSR count). The molecule has 7 nitrogen and oxygen atoms in total. The number of benzene rings is 3. The van der Waals surface area contributed by atoms with Crippen LogP contribution in [-0.4, -0.2) is 23.1 Å². The molecule has 3 aromatic carbocycles. The highest BCUT2D eigenvalue weighted by atomic mass is 16.5. The van der Waals surface area contributed by atoms with Gasteiger partial charge in [0.2, 0.25) is 0 Å². The molecule has 1 aliphatic rings. The number of carbonyl (C=O) groups excluding carboxylic acids is 1. The second-order valence-corrected chi connectivity index (χ2v) is 7.10. The summed E-state index contributed by atoms with van der Waals surface area (Å²) in [4.78, 5) is 12.5. The molecule has 3 N–H and O–H groups in total. The molecule has 1 unspecified atom stereocenters. The van der Waals surface area contributed by atoms with Gasteiger partial charge < -0.3 is 20.5 Å². The summed E-state index contributed by atoms with van der Waals surface area (Å²) in [5.41, 5.74) is 3.13. The Labute approximate surface area is 181 Å². The highest BCUT2D eigenvalue weighted by Gasteiger charge is 2.29. The van der Waals surface area contributed by atoms with Crippen LogP contribution in [0.15, 0.2) is 84.0 Å². The third-order valence-corrected chi connectivity index (χ3v) is 4.88. The van der Waals surface area contributed by atoms with E-state index in [-0.39, 0.29) is 12.0 Å². The first kappa shape index (κ1) is 20.3. The van der Waals surface area contributed by atoms with E-state index in [0.717, 1.165) is 17.8 Å². The molecule has 2 amide bonds. The molecule has 0 radical (unpaired) electrons. The minimum absolute atomic E-state index is 0.137. The van der Waals surface area contributed by atoms with Crippen molar-refractivity contribution in [3.63, 3.8) is 0 Å². The SMILES string of the molecule is CCC1=NN(c2ccccc2)C(Oc2ccccc2NC(=O)Nc2ccc(O)cc2)C1. The molecule has 0 bridgehead atoms. The van der Waals surface area contributed by atoms with Gasteiger partial charge in [-0.15, -0.1) is 0 Å². The summed E-state index contributed by atoms with van der Waals surface area (Å²) < 4.78 is 6.31. The third kappa shape index (κ3) is 4.95. The molecule has 1 atom stereocenters. The van der Waals surface area contributed by atoms with Crippen LogP contribution < -0.4 is 20.4 Å². The van der Waals surface area contributed by atoms with Crippen LogP contribution in [0.3, 0.4) is 0 Å². The molecule has 0 saturated carbocycles. The number of urea groups is 1. The highest BCUT2D eigenvalue weighted by Crippen LogP contribution is 2.31. The maximum absolute atomic E-state index is 12.5. The molecule has 0 fully saturated rings. The van der Waals surface area contributed by atoms with Crippen molar-refractivity contribution < 1.29 is 14.6 Å². The van der Waals surface area contributed by atoms with Gasteiger partial charge in [-0.2, -0.15) is 5.10 Å². The van der Waals surface area contributed by atoms with Crippen LogP contribution in [0.5, 0.6) is 11.5 Å². The van der Waals surface area contributed by atoms with Crippen LogP contribution in [0.1, 0.15) is 19.8 Å². The Balaban J connectivity index is 1.49. The predicted octanol–water partition coefficient (Wildman–Crippen LogP) is 5.42. The van der Waals surface area contributed by atoms with E-state index < -0.39 is 6.03 Å². The Morgan fingerprint density at radius 3 is 2.48 bits per heavy atom. The van der Waals surface area contributed by atoms with Crippen molar-refractivity contribution in [2.24, 2.45) is 5.10 Å². The lowest BCUT2D eigenvalue weighted by atomic mass is 10.2. The Kier molecular flexibility index (Phi) is 6.03. The lowest BCUT2D eigenvalue weighted by Gasteiger charge is -2.25. The van der Waals surface area contributed by atoms with E-state index in [1.807, 2.05) is 53.5 Å². The standard InChI is InChI=1S/C24H24N4O3/c1-2-17-16-23(28(27-17)19-8-4-3-5-9-19)31-22-11-7-6-10-21(22)26-24(30)25-18-12-14-20(29)15-13-18/h3-15,23,29H,2,16H2,1H3,(H2,25,26,30). The Morgan fingerprint density at radius 1 is 1.03 bits per heavy atom. The number of nitrogens with zero attached hydrogens (tertiary/aromatic N) is 2. The summed E-state index contributed by atoms with van der Waals surface area (Å²) in [6.07, 6.45) is 1.22. The highest BCUT2D eigenvalue weighted by molar-refractivity contribution is 6.00. The number of aromatic hydroxyl groups is 1. The lowest BCUT2D eigenvalue weighted by Crippen LogP contribution is -2.32. The van der Waals surface area contributed by atoms with E-state index >= 15 is 0 Å². The number of nitrogens with one attached hydrogen (secondary N) is 2. The number of hydrogen-bond donors (Lipinski definition) is 3. The molecular formula is C24H24N4O3. The van der Waals surface area contributed by atoms with Crippen LogP contribution in [0.4, 0.5) is 21.9 Å². The number of rotatable bonds is 6. The van der Waals surface area contributed by atoms with E-state index in [0.29, 0.717) is 23.5 Å². The quantitative estimate of drug-likeness (QED) is 0.469. The van der Waals surface area contributed by atoms with Gasteiger partial charge in [0, 0.05) is 17.8 Å². The van der Waals surface area contributed by atoms with Gasteiger partial charge in [-0.05, 0) is 55.0 Å². The third-order valence-electron chi connectivity index (χ3n) is 4.88. The molecule has 1 heterocycles. The van der Waals surface area contributed by atoms with Crippen molar-refractivity contribution in [2.45, 2.75) is 26.0 Å². The number of hydrazone groups is 1. The molecule has 7 heteroatoms. The van der Waals surface area contributed by atoms with Gasteiger partial charge in [0.25, 0.3) is 0 Å². The minimum Gasteiger partial charge on any atom is -0.508 e. The molecule has 0 aliphatic carbocycles. The van der Waals surface area contributed by atoms with Crippen LogP contribution in [0.25, 0.3) is 0 Å². The second-order valence-electron chi connectivity index (χ2n) is 7.10. The number of carbonyl (C=O) groups is 1. The van der Waals surface area contributed by atoms with Gasteiger partial charge >= 0.3 is 6.03 Å². The fourth-order valence-electron chi connectivity index (χ4n) is 3.31. The Bertz CT molecular complexity index is 1070. The van der Waals surface area contributed by atoms with Crippen molar-refractivity contribution in [2.75, 3.05) is 15.6 Å². The topological polar surface area (TPSA) is 86.2 Å². The number of anilines is 3. The minimum atomic E-state index is -0.404. The zero-order valence-corrected chi connectivity index (χ0v) is 17.2. The first-order valence-electron chi connectivity index (χ1n) is 10.2. The van der Waals surface area contributed by atoms with E-state index in [1.165, 1.54) is 12.1 Å². The van der Waals surface area contributed by atoms with Gasteiger partial charge in [0.15, 0.2) is 6.23 Å². The molecule has 0 saturated heterocycles. The van der Waals surface area contributed by atoms with Crippen molar-refractivity contribution in [1.82, 2.24) is 0 Å². The zero-order valence-electron chi connectivity index (χ0n) is 17.2.